The Labute approximate surface area is 366 Å². The fraction of sp³-hybridized carbons (Fsp3) is 0.197. The SMILES string of the molecule is CC(C)c1ccc2c(c1)c1cc(C(C)(C)C)ccc1n2-c1ccc(-c2c3ccccc3c(-c3cccc(C4=CC=CC=C=C4)c3)c3cc4c(cc23)C2=C(C=CCC2)C4(C)C)cc1. The second-order valence-corrected chi connectivity index (χ2v) is 19.6. The van der Waals surface area contributed by atoms with Gasteiger partial charge in [0.05, 0.1) is 11.0 Å². The van der Waals surface area contributed by atoms with Crippen molar-refractivity contribution in [3.63, 3.8) is 0 Å². The van der Waals surface area contributed by atoms with Crippen LogP contribution >= 0.6 is 0 Å². The second-order valence-electron chi connectivity index (χ2n) is 19.6. The number of aromatic nitrogens is 1. The molecule has 7 aromatic carbocycles. The molecule has 302 valence electrons. The average molecular weight is 800 g/mol. The van der Waals surface area contributed by atoms with Crippen LogP contribution < -0.4 is 0 Å². The van der Waals surface area contributed by atoms with Crippen LogP contribution in [0.15, 0.2) is 175 Å². The second kappa shape index (κ2) is 14.2. The minimum Gasteiger partial charge on any atom is -0.309 e. The largest absolute Gasteiger partial charge is 0.309 e. The number of benzene rings is 7. The molecule has 0 fully saturated rings. The van der Waals surface area contributed by atoms with Gasteiger partial charge < -0.3 is 4.57 Å². The van der Waals surface area contributed by atoms with Crippen LogP contribution in [0, 0.1) is 0 Å². The third-order valence-electron chi connectivity index (χ3n) is 14.0. The molecule has 0 saturated heterocycles. The Morgan fingerprint density at radius 1 is 0.645 bits per heavy atom. The van der Waals surface area contributed by atoms with E-state index in [2.05, 4.69) is 210 Å². The molecule has 1 heteroatoms. The van der Waals surface area contributed by atoms with E-state index in [1.54, 1.807) is 0 Å². The Kier molecular flexibility index (Phi) is 8.77. The maximum absolute atomic E-state index is 3.33. The van der Waals surface area contributed by atoms with Crippen LogP contribution in [0.2, 0.25) is 0 Å². The molecular formula is C61H53N. The van der Waals surface area contributed by atoms with Crippen molar-refractivity contribution >= 4 is 54.5 Å². The molecule has 0 bridgehead atoms. The smallest absolute Gasteiger partial charge is 0.0541 e. The standard InChI is InChI=1S/C61H53N/c1-38(2)41-27-31-56-50(34-41)51-35-44(60(3,4)5)28-32-57(51)62(56)45-29-25-40(26-30-45)58-47-22-12-13-23-48(47)59(43-20-16-19-42(33-43)39-17-10-8-9-11-18-39)53-37-55-49(36-52(53)58)46-21-14-15-24-54(46)61(55,6)7/h8-10,12-13,15-20,22-38H,14,21H2,1-7H3. The van der Waals surface area contributed by atoms with Crippen LogP contribution in [-0.2, 0) is 10.8 Å². The normalized spacial score (nSPS) is 15.6. The van der Waals surface area contributed by atoms with Crippen LogP contribution in [0.5, 0.6) is 0 Å². The zero-order chi connectivity index (χ0) is 42.5. The van der Waals surface area contributed by atoms with Crippen molar-refractivity contribution in [1.29, 1.82) is 0 Å². The Hall–Kier alpha value is -6.66. The molecule has 0 saturated carbocycles. The van der Waals surface area contributed by atoms with Gasteiger partial charge in [0, 0.05) is 21.9 Å². The molecule has 3 aliphatic carbocycles. The predicted octanol–water partition coefficient (Wildman–Crippen LogP) is 16.9. The average Bonchev–Trinajstić information content (AvgIpc) is 3.52. The van der Waals surface area contributed by atoms with Crippen molar-refractivity contribution in [2.75, 3.05) is 0 Å². The van der Waals surface area contributed by atoms with E-state index in [1.165, 1.54) is 110 Å². The van der Waals surface area contributed by atoms with Gasteiger partial charge in [0.25, 0.3) is 0 Å². The first kappa shape index (κ1) is 38.3. The van der Waals surface area contributed by atoms with E-state index in [9.17, 15) is 0 Å². The Balaban J connectivity index is 1.16. The molecule has 62 heavy (non-hydrogen) atoms. The van der Waals surface area contributed by atoms with Crippen molar-refractivity contribution in [1.82, 2.24) is 4.57 Å². The van der Waals surface area contributed by atoms with E-state index >= 15 is 0 Å². The van der Waals surface area contributed by atoms with E-state index < -0.39 is 0 Å². The molecule has 0 unspecified atom stereocenters. The van der Waals surface area contributed by atoms with Gasteiger partial charge in [0.15, 0.2) is 0 Å². The molecule has 0 N–H and O–H groups in total. The Bertz CT molecular complexity index is 3390. The highest BCUT2D eigenvalue weighted by atomic mass is 15.0. The molecular weight excluding hydrogens is 747 g/mol. The lowest BCUT2D eigenvalue weighted by molar-refractivity contribution is 0.591. The van der Waals surface area contributed by atoms with Crippen molar-refractivity contribution in [3.8, 4) is 27.9 Å². The number of hydrogen-bond acceptors (Lipinski definition) is 0. The van der Waals surface area contributed by atoms with E-state index in [4.69, 9.17) is 0 Å². The first-order valence-corrected chi connectivity index (χ1v) is 22.5. The topological polar surface area (TPSA) is 4.93 Å². The molecule has 1 nitrogen and oxygen atoms in total. The number of fused-ring (bicyclic) bond motifs is 7. The summed E-state index contributed by atoms with van der Waals surface area (Å²) in [5.74, 6) is 0.457. The highest BCUT2D eigenvalue weighted by Gasteiger charge is 2.38. The molecule has 0 spiro atoms. The van der Waals surface area contributed by atoms with Crippen LogP contribution in [-0.4, -0.2) is 4.57 Å². The summed E-state index contributed by atoms with van der Waals surface area (Å²) in [4.78, 5) is 0. The quantitative estimate of drug-likeness (QED) is 0.121. The summed E-state index contributed by atoms with van der Waals surface area (Å²) in [6, 6.07) is 47.0. The third kappa shape index (κ3) is 5.98. The number of rotatable bonds is 5. The van der Waals surface area contributed by atoms with Gasteiger partial charge in [0.1, 0.15) is 0 Å². The zero-order valence-electron chi connectivity index (χ0n) is 37.0. The van der Waals surface area contributed by atoms with Gasteiger partial charge in [-0.1, -0.05) is 146 Å². The number of allylic oxidation sites excluding steroid dienone is 9. The predicted molar refractivity (Wildman–Crippen MR) is 268 cm³/mol. The number of hydrogen-bond donors (Lipinski definition) is 0. The van der Waals surface area contributed by atoms with Gasteiger partial charge in [-0.05, 0) is 179 Å². The summed E-state index contributed by atoms with van der Waals surface area (Å²) in [7, 11) is 0. The van der Waals surface area contributed by atoms with Crippen molar-refractivity contribution in [3.05, 3.63) is 203 Å². The summed E-state index contributed by atoms with van der Waals surface area (Å²) in [5, 5.41) is 7.79. The van der Waals surface area contributed by atoms with Crippen LogP contribution in [0.4, 0.5) is 0 Å². The van der Waals surface area contributed by atoms with Gasteiger partial charge in [-0.3, -0.25) is 0 Å². The summed E-state index contributed by atoms with van der Waals surface area (Å²) in [5.41, 5.74) is 22.9. The molecule has 8 aromatic rings. The van der Waals surface area contributed by atoms with Crippen LogP contribution in [0.1, 0.15) is 95.0 Å². The molecule has 0 radical (unpaired) electrons. The summed E-state index contributed by atoms with van der Waals surface area (Å²) in [6.45, 7) is 16.3. The van der Waals surface area contributed by atoms with Crippen molar-refractivity contribution < 1.29 is 0 Å². The zero-order valence-corrected chi connectivity index (χ0v) is 37.0. The van der Waals surface area contributed by atoms with E-state index in [1.807, 2.05) is 12.2 Å². The molecule has 0 amide bonds. The summed E-state index contributed by atoms with van der Waals surface area (Å²) in [6.07, 6.45) is 17.3. The lowest BCUT2D eigenvalue weighted by Crippen LogP contribution is -2.16. The van der Waals surface area contributed by atoms with Gasteiger partial charge in [-0.15, -0.1) is 5.73 Å². The van der Waals surface area contributed by atoms with E-state index in [0.717, 1.165) is 18.4 Å². The maximum atomic E-state index is 3.33. The molecule has 0 atom stereocenters. The highest BCUT2D eigenvalue weighted by molar-refractivity contribution is 6.22. The van der Waals surface area contributed by atoms with Gasteiger partial charge in [-0.25, -0.2) is 0 Å². The maximum Gasteiger partial charge on any atom is 0.0541 e. The highest BCUT2D eigenvalue weighted by Crippen LogP contribution is 2.54. The summed E-state index contributed by atoms with van der Waals surface area (Å²) >= 11 is 0. The van der Waals surface area contributed by atoms with Crippen molar-refractivity contribution in [2.24, 2.45) is 0 Å². The first-order valence-electron chi connectivity index (χ1n) is 22.5. The first-order chi connectivity index (χ1) is 30.0. The minimum absolute atomic E-state index is 0.0599. The monoisotopic (exact) mass is 799 g/mol. The molecule has 1 aromatic heterocycles. The number of nitrogens with zero attached hydrogens (tertiary/aromatic N) is 1. The van der Waals surface area contributed by atoms with Gasteiger partial charge in [-0.2, -0.15) is 0 Å². The lowest BCUT2D eigenvalue weighted by atomic mass is 9.78. The molecule has 1 heterocycles. The molecule has 0 aliphatic heterocycles. The third-order valence-corrected chi connectivity index (χ3v) is 14.0. The minimum atomic E-state index is -0.0805. The lowest BCUT2D eigenvalue weighted by Gasteiger charge is -2.25. The molecule has 3 aliphatic rings. The fourth-order valence-electron chi connectivity index (χ4n) is 10.7. The molecule has 11 rings (SSSR count). The van der Waals surface area contributed by atoms with Crippen LogP contribution in [0.3, 0.4) is 0 Å². The van der Waals surface area contributed by atoms with E-state index in [0.29, 0.717) is 5.92 Å². The van der Waals surface area contributed by atoms with Gasteiger partial charge >= 0.3 is 0 Å². The van der Waals surface area contributed by atoms with Gasteiger partial charge in [0.2, 0.25) is 0 Å². The van der Waals surface area contributed by atoms with Crippen molar-refractivity contribution in [2.45, 2.75) is 78.1 Å². The fourth-order valence-corrected chi connectivity index (χ4v) is 10.7. The van der Waals surface area contributed by atoms with E-state index in [-0.39, 0.29) is 10.8 Å². The summed E-state index contributed by atoms with van der Waals surface area (Å²) < 4.78 is 2.47. The Morgan fingerprint density at radius 3 is 2.11 bits per heavy atom. The Morgan fingerprint density at radius 2 is 1.35 bits per heavy atom. The van der Waals surface area contributed by atoms with Crippen LogP contribution in [0.25, 0.3) is 82.4 Å².